The van der Waals surface area contributed by atoms with Crippen molar-refractivity contribution in [3.05, 3.63) is 23.8 Å². The average molecular weight is 212 g/mol. The summed E-state index contributed by atoms with van der Waals surface area (Å²) in [4.78, 5) is 12.3. The third-order valence-electron chi connectivity index (χ3n) is 1.80. The van der Waals surface area contributed by atoms with Gasteiger partial charge in [0, 0.05) is 11.9 Å². The van der Waals surface area contributed by atoms with E-state index in [1.165, 1.54) is 11.8 Å². The fraction of sp³-hybridized carbons (Fsp3) is 0.222. The average Bonchev–Trinajstić information content (AvgIpc) is 2.27. The third-order valence-corrected chi connectivity index (χ3v) is 2.60. The molecule has 3 N–H and O–H groups in total. The van der Waals surface area contributed by atoms with Crippen LogP contribution in [0, 0.1) is 0 Å². The molecule has 4 nitrogen and oxygen atoms in total. The van der Waals surface area contributed by atoms with Crippen LogP contribution in [0.5, 0.6) is 0 Å². The minimum absolute atomic E-state index is 0.161. The van der Waals surface area contributed by atoms with Gasteiger partial charge >= 0.3 is 0 Å². The summed E-state index contributed by atoms with van der Waals surface area (Å²) in [5.74, 6) is -0.161. The summed E-state index contributed by atoms with van der Waals surface area (Å²) in [5, 5.41) is 11.2. The largest absolute Gasteiger partial charge is 0.355 e. The molecule has 0 unspecified atom stereocenters. The van der Waals surface area contributed by atoms with Crippen molar-refractivity contribution in [1.82, 2.24) is 5.32 Å². The highest BCUT2D eigenvalue weighted by atomic mass is 32.2. The smallest absolute Gasteiger partial charge is 0.252 e. The van der Waals surface area contributed by atoms with Crippen LogP contribution < -0.4 is 10.8 Å². The number of carbonyl (C=O) groups excluding carboxylic acids is 1. The molecule has 0 radical (unpaired) electrons. The molecule has 1 aromatic carbocycles. The first-order valence-corrected chi connectivity index (χ1v) is 5.25. The molecule has 0 saturated heterocycles. The van der Waals surface area contributed by atoms with Gasteiger partial charge < -0.3 is 5.32 Å². The Bertz CT molecular complexity index is 342. The van der Waals surface area contributed by atoms with Gasteiger partial charge in [-0.3, -0.25) is 15.5 Å². The van der Waals surface area contributed by atoms with Crippen LogP contribution in [0.15, 0.2) is 23.1 Å². The van der Waals surface area contributed by atoms with E-state index in [2.05, 4.69) is 5.32 Å². The molecule has 0 atom stereocenters. The van der Waals surface area contributed by atoms with Crippen LogP contribution in [0.1, 0.15) is 10.4 Å². The van der Waals surface area contributed by atoms with Crippen LogP contribution in [0.3, 0.4) is 0 Å². The molecule has 0 saturated carbocycles. The molecule has 1 amide bonds. The van der Waals surface area contributed by atoms with Gasteiger partial charge in [-0.1, -0.05) is 0 Å². The van der Waals surface area contributed by atoms with Crippen LogP contribution >= 0.6 is 11.8 Å². The third kappa shape index (κ3) is 2.18. The lowest BCUT2D eigenvalue weighted by molar-refractivity contribution is 0.0960. The second-order valence-corrected chi connectivity index (χ2v) is 3.45. The number of hydrogen-bond acceptors (Lipinski definition) is 4. The lowest BCUT2D eigenvalue weighted by Crippen LogP contribution is -2.18. The maximum atomic E-state index is 11.4. The minimum Gasteiger partial charge on any atom is -0.355 e. The van der Waals surface area contributed by atoms with Crippen LogP contribution in [0.25, 0.3) is 0 Å². The van der Waals surface area contributed by atoms with Crippen molar-refractivity contribution in [3.63, 3.8) is 0 Å². The van der Waals surface area contributed by atoms with Gasteiger partial charge in [0.15, 0.2) is 0 Å². The first-order chi connectivity index (χ1) is 6.72. The van der Waals surface area contributed by atoms with E-state index in [0.717, 1.165) is 4.90 Å². The zero-order chi connectivity index (χ0) is 10.6. The zero-order valence-corrected chi connectivity index (χ0v) is 8.81. The Kier molecular flexibility index (Phi) is 3.79. The fourth-order valence-corrected chi connectivity index (χ4v) is 1.67. The number of nitrogens with one attached hydrogen (secondary N) is 2. The van der Waals surface area contributed by atoms with Crippen molar-refractivity contribution in [2.45, 2.75) is 4.90 Å². The number of anilines is 1. The van der Waals surface area contributed by atoms with E-state index in [1.54, 1.807) is 25.2 Å². The van der Waals surface area contributed by atoms with Crippen LogP contribution in [0.4, 0.5) is 5.69 Å². The number of rotatable bonds is 3. The molecule has 0 aliphatic heterocycles. The topological polar surface area (TPSA) is 61.4 Å². The van der Waals surface area contributed by atoms with Gasteiger partial charge in [0.25, 0.3) is 5.91 Å². The highest BCUT2D eigenvalue weighted by Crippen LogP contribution is 2.23. The molecule has 1 aromatic rings. The van der Waals surface area contributed by atoms with Crippen molar-refractivity contribution in [3.8, 4) is 0 Å². The Hall–Kier alpha value is -1.20. The number of carbonyl (C=O) groups is 1. The molecule has 0 heterocycles. The maximum Gasteiger partial charge on any atom is 0.252 e. The number of amides is 1. The Morgan fingerprint density at radius 3 is 2.71 bits per heavy atom. The molecule has 0 bridgehead atoms. The Morgan fingerprint density at radius 1 is 1.50 bits per heavy atom. The molecule has 0 aromatic heterocycles. The van der Waals surface area contributed by atoms with Crippen LogP contribution in [-0.4, -0.2) is 24.4 Å². The van der Waals surface area contributed by atoms with Crippen molar-refractivity contribution < 1.29 is 10.0 Å². The maximum absolute atomic E-state index is 11.4. The molecular formula is C9H12N2O2S. The second kappa shape index (κ2) is 4.88. The molecule has 0 aliphatic carbocycles. The van der Waals surface area contributed by atoms with Gasteiger partial charge in [0.05, 0.1) is 11.3 Å². The first kappa shape index (κ1) is 10.9. The quantitative estimate of drug-likeness (QED) is 0.525. The molecule has 0 fully saturated rings. The van der Waals surface area contributed by atoms with E-state index < -0.39 is 0 Å². The number of thioether (sulfide) groups is 1. The molecule has 14 heavy (non-hydrogen) atoms. The van der Waals surface area contributed by atoms with E-state index in [-0.39, 0.29) is 5.91 Å². The van der Waals surface area contributed by atoms with E-state index in [1.807, 2.05) is 11.7 Å². The predicted octanol–water partition coefficient (Wildman–Crippen LogP) is 1.57. The Balaban J connectivity index is 3.14. The Labute approximate surface area is 86.7 Å². The minimum atomic E-state index is -0.161. The van der Waals surface area contributed by atoms with Gasteiger partial charge in [-0.05, 0) is 24.5 Å². The van der Waals surface area contributed by atoms with Crippen molar-refractivity contribution >= 4 is 23.4 Å². The van der Waals surface area contributed by atoms with E-state index in [4.69, 9.17) is 5.21 Å². The van der Waals surface area contributed by atoms with E-state index in [9.17, 15) is 4.79 Å². The molecule has 0 aliphatic rings. The highest BCUT2D eigenvalue weighted by molar-refractivity contribution is 7.98. The van der Waals surface area contributed by atoms with E-state index in [0.29, 0.717) is 11.3 Å². The van der Waals surface area contributed by atoms with E-state index >= 15 is 0 Å². The second-order valence-electron chi connectivity index (χ2n) is 2.61. The number of benzene rings is 1. The van der Waals surface area contributed by atoms with Gasteiger partial charge in [0.1, 0.15) is 0 Å². The predicted molar refractivity (Wildman–Crippen MR) is 57.0 cm³/mol. The molecule has 5 heteroatoms. The summed E-state index contributed by atoms with van der Waals surface area (Å²) in [6.45, 7) is 0. The molecule has 76 valence electrons. The highest BCUT2D eigenvalue weighted by Gasteiger charge is 2.09. The van der Waals surface area contributed by atoms with Crippen molar-refractivity contribution in [2.75, 3.05) is 18.8 Å². The molecule has 1 rings (SSSR count). The monoisotopic (exact) mass is 212 g/mol. The van der Waals surface area contributed by atoms with Crippen molar-refractivity contribution in [2.24, 2.45) is 0 Å². The van der Waals surface area contributed by atoms with Gasteiger partial charge in [-0.25, -0.2) is 0 Å². The molecular weight excluding hydrogens is 200 g/mol. The standard InChI is InChI=1S/C9H12N2O2S/c1-10-9(12)7-5-6(11-13)3-4-8(7)14-2/h3-5,11,13H,1-2H3,(H,10,12). The van der Waals surface area contributed by atoms with Gasteiger partial charge in [-0.2, -0.15) is 0 Å². The Morgan fingerprint density at radius 2 is 2.21 bits per heavy atom. The summed E-state index contributed by atoms with van der Waals surface area (Å²) < 4.78 is 0. The summed E-state index contributed by atoms with van der Waals surface area (Å²) in [6, 6.07) is 5.09. The normalized spacial score (nSPS) is 9.64. The summed E-state index contributed by atoms with van der Waals surface area (Å²) in [6.07, 6.45) is 1.90. The summed E-state index contributed by atoms with van der Waals surface area (Å²) >= 11 is 1.49. The molecule has 0 spiro atoms. The van der Waals surface area contributed by atoms with Crippen molar-refractivity contribution in [1.29, 1.82) is 0 Å². The SMILES string of the molecule is CNC(=O)c1cc(NO)ccc1SC. The summed E-state index contributed by atoms with van der Waals surface area (Å²) in [5.41, 5.74) is 3.06. The number of hydrogen-bond donors (Lipinski definition) is 3. The van der Waals surface area contributed by atoms with Crippen LogP contribution in [0.2, 0.25) is 0 Å². The lowest BCUT2D eigenvalue weighted by Gasteiger charge is -2.07. The summed E-state index contributed by atoms with van der Waals surface area (Å²) in [7, 11) is 1.57. The zero-order valence-electron chi connectivity index (χ0n) is 8.00. The fourth-order valence-electron chi connectivity index (χ4n) is 1.09. The van der Waals surface area contributed by atoms with Crippen LogP contribution in [-0.2, 0) is 0 Å². The van der Waals surface area contributed by atoms with Gasteiger partial charge in [-0.15, -0.1) is 11.8 Å². The lowest BCUT2D eigenvalue weighted by atomic mass is 10.2. The van der Waals surface area contributed by atoms with Gasteiger partial charge in [0.2, 0.25) is 0 Å². The first-order valence-electron chi connectivity index (χ1n) is 4.03.